The highest BCUT2D eigenvalue weighted by Gasteiger charge is 2.22. The third kappa shape index (κ3) is 4.70. The van der Waals surface area contributed by atoms with Crippen LogP contribution in [0.4, 0.5) is 0 Å². The molecule has 33 heavy (non-hydrogen) atoms. The van der Waals surface area contributed by atoms with Crippen molar-refractivity contribution in [3.05, 3.63) is 81.5 Å². The normalized spacial score (nSPS) is 15.4. The number of methoxy groups -OCH3 is 1. The van der Waals surface area contributed by atoms with E-state index < -0.39 is 0 Å². The molecular formula is C30H38N2O. The Bertz CT molecular complexity index is 1100. The van der Waals surface area contributed by atoms with Crippen molar-refractivity contribution < 1.29 is 4.74 Å². The van der Waals surface area contributed by atoms with E-state index in [0.717, 1.165) is 48.5 Å². The van der Waals surface area contributed by atoms with Crippen LogP contribution in [0.15, 0.2) is 42.5 Å². The van der Waals surface area contributed by atoms with Crippen molar-refractivity contribution in [2.75, 3.05) is 13.7 Å². The molecule has 174 valence electrons. The molecule has 1 heterocycles. The number of benzene rings is 2. The van der Waals surface area contributed by atoms with Gasteiger partial charge in [0.25, 0.3) is 0 Å². The molecule has 2 aromatic carbocycles. The van der Waals surface area contributed by atoms with Gasteiger partial charge in [-0.2, -0.15) is 0 Å². The summed E-state index contributed by atoms with van der Waals surface area (Å²) >= 11 is 0. The molecule has 0 saturated heterocycles. The van der Waals surface area contributed by atoms with E-state index in [1.54, 1.807) is 7.11 Å². The smallest absolute Gasteiger partial charge is 0.128 e. The fourth-order valence-electron chi connectivity index (χ4n) is 5.52. The Morgan fingerprint density at radius 3 is 2.42 bits per heavy atom. The number of rotatable bonds is 8. The lowest BCUT2D eigenvalue weighted by Gasteiger charge is -2.27. The lowest BCUT2D eigenvalue weighted by molar-refractivity contribution is 0.402. The highest BCUT2D eigenvalue weighted by molar-refractivity contribution is 5.74. The van der Waals surface area contributed by atoms with Crippen LogP contribution < -0.4 is 10.1 Å². The highest BCUT2D eigenvalue weighted by Crippen LogP contribution is 2.37. The third-order valence-corrected chi connectivity index (χ3v) is 7.26. The van der Waals surface area contributed by atoms with Gasteiger partial charge in [0.2, 0.25) is 0 Å². The second-order valence-electron chi connectivity index (χ2n) is 9.19. The Kier molecular flexibility index (Phi) is 7.49. The summed E-state index contributed by atoms with van der Waals surface area (Å²) < 4.78 is 6.00. The first-order valence-corrected chi connectivity index (χ1v) is 12.5. The SMILES string of the molecule is CCc1cccc(CC)c1-c1nc(C)c(CCN[C@H]2CCCc3ccccc32)c(OC)c1C. The van der Waals surface area contributed by atoms with Crippen molar-refractivity contribution >= 4 is 0 Å². The van der Waals surface area contributed by atoms with Gasteiger partial charge in [-0.05, 0) is 81.2 Å². The predicted molar refractivity (Wildman–Crippen MR) is 138 cm³/mol. The molecule has 0 amide bonds. The maximum Gasteiger partial charge on any atom is 0.128 e. The van der Waals surface area contributed by atoms with E-state index in [4.69, 9.17) is 9.72 Å². The summed E-state index contributed by atoms with van der Waals surface area (Å²) in [4.78, 5) is 5.16. The zero-order valence-corrected chi connectivity index (χ0v) is 20.9. The topological polar surface area (TPSA) is 34.2 Å². The van der Waals surface area contributed by atoms with Gasteiger partial charge in [-0.3, -0.25) is 4.98 Å². The summed E-state index contributed by atoms with van der Waals surface area (Å²) in [6, 6.07) is 16.0. The number of aryl methyl sites for hydroxylation is 4. The first-order chi connectivity index (χ1) is 16.1. The number of nitrogens with zero attached hydrogens (tertiary/aromatic N) is 1. The molecule has 1 aliphatic carbocycles. The van der Waals surface area contributed by atoms with Crippen molar-refractivity contribution in [2.24, 2.45) is 0 Å². The van der Waals surface area contributed by atoms with E-state index in [9.17, 15) is 0 Å². The van der Waals surface area contributed by atoms with Crippen LogP contribution in [-0.2, 0) is 25.7 Å². The van der Waals surface area contributed by atoms with E-state index in [2.05, 4.69) is 75.5 Å². The lowest BCUT2D eigenvalue weighted by atomic mass is 9.87. The van der Waals surface area contributed by atoms with E-state index >= 15 is 0 Å². The maximum atomic E-state index is 6.00. The van der Waals surface area contributed by atoms with Gasteiger partial charge in [0.15, 0.2) is 0 Å². The first-order valence-electron chi connectivity index (χ1n) is 12.5. The van der Waals surface area contributed by atoms with Gasteiger partial charge in [-0.25, -0.2) is 0 Å². The summed E-state index contributed by atoms with van der Waals surface area (Å²) in [5.41, 5.74) is 11.5. The molecule has 3 heteroatoms. The summed E-state index contributed by atoms with van der Waals surface area (Å²) in [5, 5.41) is 3.82. The largest absolute Gasteiger partial charge is 0.496 e. The van der Waals surface area contributed by atoms with Crippen molar-refractivity contribution in [1.29, 1.82) is 0 Å². The number of ether oxygens (including phenoxy) is 1. The second kappa shape index (κ2) is 10.5. The number of aromatic nitrogens is 1. The van der Waals surface area contributed by atoms with Gasteiger partial charge >= 0.3 is 0 Å². The molecule has 0 bridgehead atoms. The molecule has 3 aromatic rings. The molecule has 0 radical (unpaired) electrons. The lowest BCUT2D eigenvalue weighted by Crippen LogP contribution is -2.27. The fourth-order valence-corrected chi connectivity index (χ4v) is 5.52. The number of hydrogen-bond donors (Lipinski definition) is 1. The Balaban J connectivity index is 1.61. The Labute approximate surface area is 199 Å². The van der Waals surface area contributed by atoms with Gasteiger partial charge in [0.05, 0.1) is 12.8 Å². The molecule has 1 aromatic heterocycles. The van der Waals surface area contributed by atoms with E-state index in [1.807, 2.05) is 0 Å². The zero-order chi connectivity index (χ0) is 23.4. The quantitative estimate of drug-likeness (QED) is 0.421. The summed E-state index contributed by atoms with van der Waals surface area (Å²) in [6.07, 6.45) is 6.57. The standard InChI is InChI=1S/C30H38N2O/c1-6-22-13-10-14-23(7-2)28(22)29-20(3)30(33-5)25(21(4)32-29)18-19-31-27-17-11-15-24-12-8-9-16-26(24)27/h8-10,12-14,16,27,31H,6-7,11,15,17-19H2,1-5H3/t27-/m0/s1. The second-order valence-corrected chi connectivity index (χ2v) is 9.19. The molecule has 0 saturated carbocycles. The van der Waals surface area contributed by atoms with E-state index in [-0.39, 0.29) is 0 Å². The van der Waals surface area contributed by atoms with Crippen molar-refractivity contribution in [3.8, 4) is 17.0 Å². The molecule has 4 rings (SSSR count). The highest BCUT2D eigenvalue weighted by atomic mass is 16.5. The van der Waals surface area contributed by atoms with Gasteiger partial charge < -0.3 is 10.1 Å². The Hall–Kier alpha value is -2.65. The van der Waals surface area contributed by atoms with E-state index in [1.165, 1.54) is 52.6 Å². The third-order valence-electron chi connectivity index (χ3n) is 7.26. The minimum atomic E-state index is 0.443. The van der Waals surface area contributed by atoms with Crippen LogP contribution in [0.2, 0.25) is 0 Å². The zero-order valence-electron chi connectivity index (χ0n) is 20.9. The number of hydrogen-bond acceptors (Lipinski definition) is 3. The van der Waals surface area contributed by atoms with Gasteiger partial charge in [-0.15, -0.1) is 0 Å². The van der Waals surface area contributed by atoms with Crippen LogP contribution in [0.25, 0.3) is 11.3 Å². The summed E-state index contributed by atoms with van der Waals surface area (Å²) in [5.74, 6) is 0.997. The molecule has 1 aliphatic rings. The molecule has 1 N–H and O–H groups in total. The molecular weight excluding hydrogens is 404 g/mol. The molecule has 0 spiro atoms. The van der Waals surface area contributed by atoms with Crippen molar-refractivity contribution in [1.82, 2.24) is 10.3 Å². The molecule has 0 aliphatic heterocycles. The van der Waals surface area contributed by atoms with Crippen LogP contribution in [0.3, 0.4) is 0 Å². The van der Waals surface area contributed by atoms with Crippen LogP contribution in [0, 0.1) is 13.8 Å². The average molecular weight is 443 g/mol. The fraction of sp³-hybridized carbons (Fsp3) is 0.433. The van der Waals surface area contributed by atoms with Crippen LogP contribution in [-0.4, -0.2) is 18.6 Å². The monoisotopic (exact) mass is 442 g/mol. The van der Waals surface area contributed by atoms with Crippen LogP contribution >= 0.6 is 0 Å². The Morgan fingerprint density at radius 2 is 1.73 bits per heavy atom. The molecule has 0 unspecified atom stereocenters. The first kappa shape index (κ1) is 23.5. The Morgan fingerprint density at radius 1 is 1.00 bits per heavy atom. The number of pyridine rings is 1. The number of nitrogens with one attached hydrogen (secondary N) is 1. The summed E-state index contributed by atoms with van der Waals surface area (Å²) in [6.45, 7) is 9.67. The van der Waals surface area contributed by atoms with Crippen molar-refractivity contribution in [3.63, 3.8) is 0 Å². The number of fused-ring (bicyclic) bond motifs is 1. The van der Waals surface area contributed by atoms with Crippen LogP contribution in [0.1, 0.15) is 71.8 Å². The molecule has 3 nitrogen and oxygen atoms in total. The minimum Gasteiger partial charge on any atom is -0.496 e. The summed E-state index contributed by atoms with van der Waals surface area (Å²) in [7, 11) is 1.80. The van der Waals surface area contributed by atoms with Gasteiger partial charge in [-0.1, -0.05) is 56.3 Å². The van der Waals surface area contributed by atoms with Gasteiger partial charge in [0.1, 0.15) is 5.75 Å². The molecule has 1 atom stereocenters. The molecule has 0 fully saturated rings. The van der Waals surface area contributed by atoms with Crippen LogP contribution in [0.5, 0.6) is 5.75 Å². The maximum absolute atomic E-state index is 6.00. The van der Waals surface area contributed by atoms with Crippen molar-refractivity contribution in [2.45, 2.75) is 72.3 Å². The minimum absolute atomic E-state index is 0.443. The predicted octanol–water partition coefficient (Wildman–Crippen LogP) is 6.71. The van der Waals surface area contributed by atoms with E-state index in [0.29, 0.717) is 6.04 Å². The van der Waals surface area contributed by atoms with Gasteiger partial charge in [0, 0.05) is 28.4 Å². The average Bonchev–Trinajstić information content (AvgIpc) is 2.85.